The molecule has 0 spiro atoms. The van der Waals surface area contributed by atoms with Crippen LogP contribution in [-0.4, -0.2) is 15.9 Å². The quantitative estimate of drug-likeness (QED) is 0.256. The summed E-state index contributed by atoms with van der Waals surface area (Å²) in [5.41, 5.74) is 0. The molecule has 1 aliphatic carbocycles. The van der Waals surface area contributed by atoms with Crippen LogP contribution in [0.5, 0.6) is 0 Å². The van der Waals surface area contributed by atoms with Crippen molar-refractivity contribution in [3.8, 4) is 0 Å². The van der Waals surface area contributed by atoms with E-state index < -0.39 is 0 Å². The summed E-state index contributed by atoms with van der Waals surface area (Å²) in [4.78, 5) is 23.4. The van der Waals surface area contributed by atoms with Gasteiger partial charge in [0.05, 0.1) is 11.8 Å². The van der Waals surface area contributed by atoms with Crippen molar-refractivity contribution in [2.45, 2.75) is 24.2 Å². The third-order valence-electron chi connectivity index (χ3n) is 3.59. The summed E-state index contributed by atoms with van der Waals surface area (Å²) in [5.74, 6) is -0.860. The molecule has 1 saturated heterocycles. The molecular weight excluding hydrogens is 319 g/mol. The van der Waals surface area contributed by atoms with Gasteiger partial charge in [-0.1, -0.05) is 48.6 Å². The molecule has 3 nitrogen and oxygen atoms in total. The fraction of sp³-hybridized carbons (Fsp3) is 0.667. The Balaban J connectivity index is 2.36. The van der Waals surface area contributed by atoms with Gasteiger partial charge in [0.2, 0.25) is 0 Å². The number of carbonyl (C=O) groups excluding carboxylic acids is 2. The van der Waals surface area contributed by atoms with E-state index in [2.05, 4.69) is 41.7 Å². The van der Waals surface area contributed by atoms with Gasteiger partial charge in [-0.05, 0) is 12.3 Å². The molecule has 0 bridgehead atoms. The maximum Gasteiger partial charge on any atom is 0.318 e. The summed E-state index contributed by atoms with van der Waals surface area (Å²) in [5, 5.41) is 0. The number of esters is 2. The summed E-state index contributed by atoms with van der Waals surface area (Å²) in [6.45, 7) is 4.10. The molecule has 1 fully saturated rings. The van der Waals surface area contributed by atoms with E-state index >= 15 is 0 Å². The first-order valence-corrected chi connectivity index (χ1v) is 6.88. The summed E-state index contributed by atoms with van der Waals surface area (Å²) < 4.78 is 5.13. The lowest BCUT2D eigenvalue weighted by molar-refractivity contribution is -0.154. The minimum Gasteiger partial charge on any atom is -0.393 e. The van der Waals surface area contributed by atoms with Gasteiger partial charge in [-0.25, -0.2) is 0 Å². The normalized spacial score (nSPS) is 39.4. The van der Waals surface area contributed by atoms with E-state index in [4.69, 9.17) is 4.74 Å². The van der Waals surface area contributed by atoms with E-state index in [9.17, 15) is 9.59 Å². The number of hydrogen-bond donors (Lipinski definition) is 0. The number of fused-ring (bicyclic) bond motifs is 1. The monoisotopic (exact) mass is 334 g/mol. The van der Waals surface area contributed by atoms with Crippen LogP contribution in [0.3, 0.4) is 0 Å². The van der Waals surface area contributed by atoms with Crippen molar-refractivity contribution in [3.05, 3.63) is 12.2 Å². The Morgan fingerprint density at radius 2 is 1.94 bits per heavy atom. The first-order valence-electron chi connectivity index (χ1n) is 5.64. The Morgan fingerprint density at radius 3 is 2.50 bits per heavy atom. The fourth-order valence-corrected chi connectivity index (χ4v) is 3.39. The van der Waals surface area contributed by atoms with Crippen LogP contribution in [0.15, 0.2) is 12.2 Å². The van der Waals surface area contributed by atoms with E-state index in [1.54, 1.807) is 0 Å². The molecular formula is C12H15IO3. The number of cyclic esters (lactones) is 2. The summed E-state index contributed by atoms with van der Waals surface area (Å²) in [7, 11) is 0. The van der Waals surface area contributed by atoms with Gasteiger partial charge in [-0.3, -0.25) is 9.59 Å². The molecule has 2 rings (SSSR count). The molecule has 1 heterocycles. The molecule has 5 unspecified atom stereocenters. The molecule has 0 aromatic heterocycles. The molecule has 2 aliphatic rings. The molecule has 4 heteroatoms. The molecule has 0 aromatic carbocycles. The van der Waals surface area contributed by atoms with Crippen molar-refractivity contribution in [3.63, 3.8) is 0 Å². The lowest BCUT2D eigenvalue weighted by atomic mass is 9.70. The van der Waals surface area contributed by atoms with Crippen LogP contribution in [0.2, 0.25) is 0 Å². The molecule has 0 amide bonds. The van der Waals surface area contributed by atoms with Crippen LogP contribution in [0.4, 0.5) is 0 Å². The summed E-state index contributed by atoms with van der Waals surface area (Å²) >= 11 is 2.30. The van der Waals surface area contributed by atoms with Gasteiger partial charge in [-0.2, -0.15) is 0 Å². The molecule has 0 radical (unpaired) electrons. The van der Waals surface area contributed by atoms with Gasteiger partial charge in [0.15, 0.2) is 0 Å². The van der Waals surface area contributed by atoms with E-state index in [-0.39, 0.29) is 35.6 Å². The number of ether oxygens (including phenoxy) is 1. The van der Waals surface area contributed by atoms with Crippen LogP contribution in [-0.2, 0) is 14.3 Å². The number of hydrogen-bond acceptors (Lipinski definition) is 3. The van der Waals surface area contributed by atoms with Crippen LogP contribution >= 0.6 is 22.6 Å². The number of allylic oxidation sites excluding steroid dienone is 2. The second-order valence-corrected chi connectivity index (χ2v) is 6.47. The fourth-order valence-electron chi connectivity index (χ4n) is 2.71. The highest BCUT2D eigenvalue weighted by molar-refractivity contribution is 14.1. The molecule has 0 saturated carbocycles. The number of halogens is 1. The van der Waals surface area contributed by atoms with Crippen LogP contribution in [0.25, 0.3) is 0 Å². The number of rotatable bonds is 2. The van der Waals surface area contributed by atoms with E-state index in [0.29, 0.717) is 3.92 Å². The van der Waals surface area contributed by atoms with Crippen LogP contribution in [0, 0.1) is 23.7 Å². The highest BCUT2D eigenvalue weighted by Gasteiger charge is 2.52. The first-order chi connectivity index (χ1) is 7.56. The van der Waals surface area contributed by atoms with Crippen LogP contribution in [0.1, 0.15) is 20.3 Å². The lowest BCUT2D eigenvalue weighted by Crippen LogP contribution is -2.36. The lowest BCUT2D eigenvalue weighted by Gasteiger charge is -2.31. The SMILES string of the molecule is CCC1C=CC(C(C)I)C2C(=O)OC(=O)C12. The Hall–Kier alpha value is -0.390. The van der Waals surface area contributed by atoms with Crippen molar-refractivity contribution in [1.29, 1.82) is 0 Å². The number of carbonyl (C=O) groups is 2. The summed E-state index contributed by atoms with van der Waals surface area (Å²) in [6, 6.07) is 0. The Bertz CT molecular complexity index is 348. The Labute approximate surface area is 109 Å². The molecule has 88 valence electrons. The van der Waals surface area contributed by atoms with Crippen molar-refractivity contribution < 1.29 is 14.3 Å². The molecule has 5 atom stereocenters. The van der Waals surface area contributed by atoms with Gasteiger partial charge in [0.25, 0.3) is 0 Å². The van der Waals surface area contributed by atoms with Gasteiger partial charge >= 0.3 is 11.9 Å². The van der Waals surface area contributed by atoms with E-state index in [1.807, 2.05) is 6.92 Å². The maximum atomic E-state index is 11.7. The van der Waals surface area contributed by atoms with Gasteiger partial charge < -0.3 is 4.74 Å². The van der Waals surface area contributed by atoms with Gasteiger partial charge in [0.1, 0.15) is 0 Å². The average molecular weight is 334 g/mol. The second kappa shape index (κ2) is 4.47. The zero-order valence-electron chi connectivity index (χ0n) is 9.35. The highest BCUT2D eigenvalue weighted by atomic mass is 127. The van der Waals surface area contributed by atoms with Crippen molar-refractivity contribution in [1.82, 2.24) is 0 Å². The number of alkyl halides is 1. The minimum absolute atomic E-state index is 0.132. The van der Waals surface area contributed by atoms with Gasteiger partial charge in [0, 0.05) is 9.84 Å². The van der Waals surface area contributed by atoms with Crippen molar-refractivity contribution in [2.75, 3.05) is 0 Å². The molecule has 0 aromatic rings. The average Bonchev–Trinajstić information content (AvgIpc) is 2.54. The molecule has 1 aliphatic heterocycles. The predicted molar refractivity (Wildman–Crippen MR) is 68.0 cm³/mol. The Morgan fingerprint density at radius 1 is 1.31 bits per heavy atom. The Kier molecular flexibility index (Phi) is 3.37. The highest BCUT2D eigenvalue weighted by Crippen LogP contribution is 2.44. The topological polar surface area (TPSA) is 43.4 Å². The van der Waals surface area contributed by atoms with E-state index in [1.165, 1.54) is 0 Å². The third kappa shape index (κ3) is 1.81. The van der Waals surface area contributed by atoms with Crippen molar-refractivity contribution >= 4 is 34.5 Å². The minimum atomic E-state index is -0.327. The van der Waals surface area contributed by atoms with Crippen molar-refractivity contribution in [2.24, 2.45) is 23.7 Å². The predicted octanol–water partition coefficient (Wildman–Crippen LogP) is 2.34. The van der Waals surface area contributed by atoms with E-state index in [0.717, 1.165) is 6.42 Å². The molecule has 16 heavy (non-hydrogen) atoms. The largest absolute Gasteiger partial charge is 0.393 e. The third-order valence-corrected chi connectivity index (χ3v) is 4.42. The van der Waals surface area contributed by atoms with Gasteiger partial charge in [-0.15, -0.1) is 0 Å². The second-order valence-electron chi connectivity index (χ2n) is 4.50. The summed E-state index contributed by atoms with van der Waals surface area (Å²) in [6.07, 6.45) is 5.05. The van der Waals surface area contributed by atoms with Crippen LogP contribution < -0.4 is 0 Å². The zero-order valence-corrected chi connectivity index (χ0v) is 11.5. The molecule has 0 N–H and O–H groups in total. The maximum absolute atomic E-state index is 11.7. The smallest absolute Gasteiger partial charge is 0.318 e. The zero-order chi connectivity index (χ0) is 11.9. The standard InChI is InChI=1S/C12H15IO3/c1-3-7-4-5-8(6(2)13)10-9(7)11(14)16-12(10)15/h4-10H,3H2,1-2H3. The first kappa shape index (κ1) is 12.1.